The van der Waals surface area contributed by atoms with E-state index in [1.54, 1.807) is 12.2 Å². The molecule has 2 atom stereocenters. The first-order chi connectivity index (χ1) is 6.81. The Balaban J connectivity index is 2.02. The van der Waals surface area contributed by atoms with Crippen molar-refractivity contribution in [3.05, 3.63) is 24.3 Å². The SMILES string of the molecule is O=C1CC=C[C@@H]2C[C@H](/C=C/CO)ON12. The van der Waals surface area contributed by atoms with Gasteiger partial charge in [0, 0.05) is 12.8 Å². The second-order valence-electron chi connectivity index (χ2n) is 3.41. The normalized spacial score (nSPS) is 31.5. The van der Waals surface area contributed by atoms with Gasteiger partial charge < -0.3 is 5.11 Å². The van der Waals surface area contributed by atoms with Gasteiger partial charge in [-0.3, -0.25) is 9.63 Å². The van der Waals surface area contributed by atoms with Crippen molar-refractivity contribution in [3.8, 4) is 0 Å². The molecular weight excluding hydrogens is 182 g/mol. The topological polar surface area (TPSA) is 49.8 Å². The highest BCUT2D eigenvalue weighted by Gasteiger charge is 2.35. The van der Waals surface area contributed by atoms with Crippen molar-refractivity contribution in [1.82, 2.24) is 5.06 Å². The number of hydrogen-bond donors (Lipinski definition) is 1. The van der Waals surface area contributed by atoms with E-state index in [1.807, 2.05) is 12.2 Å². The summed E-state index contributed by atoms with van der Waals surface area (Å²) in [6.07, 6.45) is 8.42. The second kappa shape index (κ2) is 3.94. The standard InChI is InChI=1S/C10H13NO3/c12-6-2-4-9-7-8-3-1-5-10(13)11(8)14-9/h1-4,8-9,12H,5-7H2/b4-2+/t8-,9+/m1/s1. The average Bonchev–Trinajstić information content (AvgIpc) is 2.59. The Labute approximate surface area is 82.4 Å². The van der Waals surface area contributed by atoms with Crippen LogP contribution < -0.4 is 0 Å². The highest BCUT2D eigenvalue weighted by atomic mass is 16.7. The molecular formula is C10H13NO3. The van der Waals surface area contributed by atoms with E-state index in [-0.39, 0.29) is 24.7 Å². The molecule has 0 spiro atoms. The number of carbonyl (C=O) groups excluding carboxylic acids is 1. The summed E-state index contributed by atoms with van der Waals surface area (Å²) in [6.45, 7) is 0.00825. The Bertz CT molecular complexity index is 285. The van der Waals surface area contributed by atoms with E-state index in [2.05, 4.69) is 0 Å². The average molecular weight is 195 g/mol. The van der Waals surface area contributed by atoms with Crippen LogP contribution in [0.3, 0.4) is 0 Å². The molecule has 14 heavy (non-hydrogen) atoms. The summed E-state index contributed by atoms with van der Waals surface area (Å²) in [6, 6.07) is 0.0737. The summed E-state index contributed by atoms with van der Waals surface area (Å²) in [5.74, 6) is 0.0115. The van der Waals surface area contributed by atoms with Crippen LogP contribution in [0.15, 0.2) is 24.3 Å². The zero-order valence-electron chi connectivity index (χ0n) is 7.80. The number of hydroxylamine groups is 2. The zero-order valence-corrected chi connectivity index (χ0v) is 7.80. The van der Waals surface area contributed by atoms with Crippen molar-refractivity contribution in [2.75, 3.05) is 6.61 Å². The van der Waals surface area contributed by atoms with Gasteiger partial charge in [0.05, 0.1) is 12.6 Å². The highest BCUT2D eigenvalue weighted by molar-refractivity contribution is 5.78. The van der Waals surface area contributed by atoms with Crippen molar-refractivity contribution in [3.63, 3.8) is 0 Å². The number of fused-ring (bicyclic) bond motifs is 1. The molecule has 1 saturated heterocycles. The maximum Gasteiger partial charge on any atom is 0.250 e. The zero-order chi connectivity index (χ0) is 9.97. The Hall–Kier alpha value is -1.13. The largest absolute Gasteiger partial charge is 0.392 e. The summed E-state index contributed by atoms with van der Waals surface area (Å²) in [5.41, 5.74) is 0. The Morgan fingerprint density at radius 2 is 2.57 bits per heavy atom. The van der Waals surface area contributed by atoms with E-state index in [4.69, 9.17) is 9.94 Å². The van der Waals surface area contributed by atoms with Gasteiger partial charge in [0.2, 0.25) is 0 Å². The summed E-state index contributed by atoms with van der Waals surface area (Å²) < 4.78 is 0. The van der Waals surface area contributed by atoms with Gasteiger partial charge in [-0.25, -0.2) is 5.06 Å². The first-order valence-corrected chi connectivity index (χ1v) is 4.74. The van der Waals surface area contributed by atoms with Crippen LogP contribution in [0.4, 0.5) is 0 Å². The van der Waals surface area contributed by atoms with Crippen LogP contribution in [-0.4, -0.2) is 34.8 Å². The third-order valence-electron chi connectivity index (χ3n) is 2.38. The fourth-order valence-electron chi connectivity index (χ4n) is 1.74. The predicted octanol–water partition coefficient (Wildman–Crippen LogP) is 0.396. The third-order valence-corrected chi connectivity index (χ3v) is 2.38. The van der Waals surface area contributed by atoms with E-state index in [1.165, 1.54) is 5.06 Å². The minimum Gasteiger partial charge on any atom is -0.392 e. The molecule has 0 unspecified atom stereocenters. The third kappa shape index (κ3) is 1.71. The number of carbonyl (C=O) groups is 1. The highest BCUT2D eigenvalue weighted by Crippen LogP contribution is 2.26. The van der Waals surface area contributed by atoms with Crippen molar-refractivity contribution in [1.29, 1.82) is 0 Å². The number of aliphatic hydroxyl groups excluding tert-OH is 1. The van der Waals surface area contributed by atoms with E-state index >= 15 is 0 Å². The van der Waals surface area contributed by atoms with Crippen molar-refractivity contribution in [2.45, 2.75) is 25.0 Å². The number of nitrogens with zero attached hydrogens (tertiary/aromatic N) is 1. The van der Waals surface area contributed by atoms with Crippen LogP contribution in [0.25, 0.3) is 0 Å². The number of aliphatic hydroxyl groups is 1. The van der Waals surface area contributed by atoms with Crippen molar-refractivity contribution in [2.24, 2.45) is 0 Å². The second-order valence-corrected chi connectivity index (χ2v) is 3.41. The molecule has 2 aliphatic heterocycles. The molecule has 4 nitrogen and oxygen atoms in total. The first kappa shape index (κ1) is 9.43. The Morgan fingerprint density at radius 1 is 1.71 bits per heavy atom. The van der Waals surface area contributed by atoms with Crippen LogP contribution in [0.5, 0.6) is 0 Å². The fourth-order valence-corrected chi connectivity index (χ4v) is 1.74. The molecule has 0 aromatic carbocycles. The molecule has 2 rings (SSSR count). The molecule has 1 amide bonds. The van der Waals surface area contributed by atoms with Crippen LogP contribution >= 0.6 is 0 Å². The molecule has 0 radical (unpaired) electrons. The van der Waals surface area contributed by atoms with E-state index < -0.39 is 0 Å². The lowest BCUT2D eigenvalue weighted by Crippen LogP contribution is -2.35. The van der Waals surface area contributed by atoms with Crippen LogP contribution in [-0.2, 0) is 9.63 Å². The van der Waals surface area contributed by atoms with E-state index in [9.17, 15) is 4.79 Å². The monoisotopic (exact) mass is 195 g/mol. The molecule has 0 bridgehead atoms. The van der Waals surface area contributed by atoms with Gasteiger partial charge in [0.15, 0.2) is 0 Å². The number of rotatable bonds is 2. The molecule has 4 heteroatoms. The van der Waals surface area contributed by atoms with E-state index in [0.29, 0.717) is 6.42 Å². The Kier molecular flexibility index (Phi) is 2.65. The van der Waals surface area contributed by atoms with E-state index in [0.717, 1.165) is 6.42 Å². The van der Waals surface area contributed by atoms with Gasteiger partial charge in [-0.2, -0.15) is 0 Å². The number of amides is 1. The minimum atomic E-state index is -0.0844. The molecule has 2 aliphatic rings. The lowest BCUT2D eigenvalue weighted by Gasteiger charge is -2.22. The lowest BCUT2D eigenvalue weighted by molar-refractivity contribution is -0.180. The van der Waals surface area contributed by atoms with Gasteiger partial charge in [-0.1, -0.05) is 24.3 Å². The molecule has 0 aromatic rings. The molecule has 76 valence electrons. The van der Waals surface area contributed by atoms with Crippen molar-refractivity contribution >= 4 is 5.91 Å². The summed E-state index contributed by atoms with van der Waals surface area (Å²) in [7, 11) is 0. The maximum atomic E-state index is 11.4. The van der Waals surface area contributed by atoms with Gasteiger partial charge in [0.1, 0.15) is 6.10 Å². The molecule has 2 heterocycles. The van der Waals surface area contributed by atoms with Gasteiger partial charge >= 0.3 is 0 Å². The minimum absolute atomic E-state index is 0.00825. The lowest BCUT2D eigenvalue weighted by atomic mass is 10.1. The molecule has 0 aliphatic carbocycles. The molecule has 1 fully saturated rings. The van der Waals surface area contributed by atoms with Gasteiger partial charge in [-0.05, 0) is 0 Å². The summed E-state index contributed by atoms with van der Waals surface area (Å²) in [5, 5.41) is 10.0. The van der Waals surface area contributed by atoms with Crippen LogP contribution in [0.1, 0.15) is 12.8 Å². The summed E-state index contributed by atoms with van der Waals surface area (Å²) >= 11 is 0. The Morgan fingerprint density at radius 3 is 3.29 bits per heavy atom. The summed E-state index contributed by atoms with van der Waals surface area (Å²) in [4.78, 5) is 16.8. The maximum absolute atomic E-state index is 11.4. The smallest absolute Gasteiger partial charge is 0.250 e. The quantitative estimate of drug-likeness (QED) is 0.649. The fraction of sp³-hybridized carbons (Fsp3) is 0.500. The van der Waals surface area contributed by atoms with Gasteiger partial charge in [-0.15, -0.1) is 0 Å². The van der Waals surface area contributed by atoms with Crippen LogP contribution in [0.2, 0.25) is 0 Å². The predicted molar refractivity (Wildman–Crippen MR) is 50.1 cm³/mol. The first-order valence-electron chi connectivity index (χ1n) is 4.74. The molecule has 0 saturated carbocycles. The molecule has 0 aromatic heterocycles. The molecule has 1 N–H and O–H groups in total. The number of hydrogen-bond acceptors (Lipinski definition) is 3. The van der Waals surface area contributed by atoms with Crippen LogP contribution in [0, 0.1) is 0 Å². The van der Waals surface area contributed by atoms with Gasteiger partial charge in [0.25, 0.3) is 5.91 Å². The van der Waals surface area contributed by atoms with Crippen molar-refractivity contribution < 1.29 is 14.7 Å².